The molecule has 1 N–H and O–H groups in total. The van der Waals surface area contributed by atoms with Gasteiger partial charge in [0.25, 0.3) is 0 Å². The number of rotatable bonds is 4. The van der Waals surface area contributed by atoms with Gasteiger partial charge in [-0.1, -0.05) is 0 Å². The highest BCUT2D eigenvalue weighted by Crippen LogP contribution is 2.24. The average molecular weight is 265 g/mol. The van der Waals surface area contributed by atoms with Crippen molar-refractivity contribution in [3.05, 3.63) is 11.6 Å². The Bertz CT molecular complexity index is 585. The first kappa shape index (κ1) is 12.6. The van der Waals surface area contributed by atoms with Crippen molar-refractivity contribution < 1.29 is 0 Å². The zero-order valence-electron chi connectivity index (χ0n) is 10.2. The molecule has 94 valence electrons. The Morgan fingerprint density at radius 1 is 1.50 bits per heavy atom. The van der Waals surface area contributed by atoms with Crippen LogP contribution in [0.3, 0.4) is 0 Å². The third kappa shape index (κ3) is 2.36. The standard InChI is InChI=1S/C11H13ClN6/c1-7(2)18(5-3-4-13)10-8-9(15-6-14-8)16-11(12)17-10/h6-7H,3,5H2,1-2H3,(H,14,15,16,17). The van der Waals surface area contributed by atoms with Crippen LogP contribution in [0.4, 0.5) is 5.82 Å². The molecule has 0 aliphatic carbocycles. The van der Waals surface area contributed by atoms with Crippen molar-refractivity contribution in [2.24, 2.45) is 0 Å². The summed E-state index contributed by atoms with van der Waals surface area (Å²) in [5.41, 5.74) is 1.28. The highest BCUT2D eigenvalue weighted by Gasteiger charge is 2.18. The number of aromatic amines is 1. The molecule has 0 fully saturated rings. The van der Waals surface area contributed by atoms with E-state index in [9.17, 15) is 0 Å². The first-order valence-electron chi connectivity index (χ1n) is 5.63. The summed E-state index contributed by atoms with van der Waals surface area (Å²) in [6, 6.07) is 2.34. The number of halogens is 1. The van der Waals surface area contributed by atoms with Gasteiger partial charge in [0.15, 0.2) is 11.5 Å². The molecular formula is C11H13ClN6. The van der Waals surface area contributed by atoms with Gasteiger partial charge < -0.3 is 9.88 Å². The van der Waals surface area contributed by atoms with Crippen LogP contribution in [0.1, 0.15) is 20.3 Å². The van der Waals surface area contributed by atoms with E-state index in [1.54, 1.807) is 6.33 Å². The van der Waals surface area contributed by atoms with Gasteiger partial charge in [0.2, 0.25) is 5.28 Å². The molecule has 0 aliphatic heterocycles. The number of nitriles is 1. The van der Waals surface area contributed by atoms with Gasteiger partial charge in [0, 0.05) is 12.6 Å². The summed E-state index contributed by atoms with van der Waals surface area (Å²) in [7, 11) is 0. The Morgan fingerprint density at radius 2 is 2.28 bits per heavy atom. The number of imidazole rings is 1. The van der Waals surface area contributed by atoms with Crippen molar-refractivity contribution in [2.45, 2.75) is 26.3 Å². The summed E-state index contributed by atoms with van der Waals surface area (Å²) in [5, 5.41) is 8.88. The van der Waals surface area contributed by atoms with Crippen LogP contribution < -0.4 is 4.90 Å². The first-order chi connectivity index (χ1) is 8.63. The van der Waals surface area contributed by atoms with E-state index in [4.69, 9.17) is 16.9 Å². The first-order valence-corrected chi connectivity index (χ1v) is 6.01. The summed E-state index contributed by atoms with van der Waals surface area (Å²) in [4.78, 5) is 17.4. The summed E-state index contributed by atoms with van der Waals surface area (Å²) < 4.78 is 0. The molecule has 2 rings (SSSR count). The summed E-state index contributed by atoms with van der Waals surface area (Å²) in [5.74, 6) is 0.688. The Labute approximate surface area is 110 Å². The van der Waals surface area contributed by atoms with Crippen LogP contribution in [0.15, 0.2) is 6.33 Å². The largest absolute Gasteiger partial charge is 0.351 e. The molecule has 0 saturated heterocycles. The number of hydrogen-bond donors (Lipinski definition) is 1. The molecule has 0 spiro atoms. The minimum Gasteiger partial charge on any atom is -0.351 e. The lowest BCUT2D eigenvalue weighted by Crippen LogP contribution is -2.32. The highest BCUT2D eigenvalue weighted by molar-refractivity contribution is 6.28. The molecule has 2 aromatic heterocycles. The van der Waals surface area contributed by atoms with Crippen LogP contribution in [0.2, 0.25) is 5.28 Å². The lowest BCUT2D eigenvalue weighted by molar-refractivity contribution is 0.678. The van der Waals surface area contributed by atoms with Gasteiger partial charge >= 0.3 is 0 Å². The van der Waals surface area contributed by atoms with Gasteiger partial charge in [-0.25, -0.2) is 4.98 Å². The van der Waals surface area contributed by atoms with Gasteiger partial charge in [-0.3, -0.25) is 0 Å². The predicted molar refractivity (Wildman–Crippen MR) is 69.4 cm³/mol. The molecule has 18 heavy (non-hydrogen) atoms. The lowest BCUT2D eigenvalue weighted by Gasteiger charge is -2.27. The fourth-order valence-corrected chi connectivity index (χ4v) is 1.94. The summed E-state index contributed by atoms with van der Waals surface area (Å²) >= 11 is 5.90. The number of aromatic nitrogens is 4. The molecule has 2 aromatic rings. The van der Waals surface area contributed by atoms with Crippen LogP contribution in [0.5, 0.6) is 0 Å². The molecule has 6 nitrogen and oxygen atoms in total. The summed E-state index contributed by atoms with van der Waals surface area (Å²) in [6.45, 7) is 4.67. The van der Waals surface area contributed by atoms with E-state index >= 15 is 0 Å². The van der Waals surface area contributed by atoms with E-state index in [2.05, 4.69) is 26.0 Å². The van der Waals surface area contributed by atoms with Crippen molar-refractivity contribution in [1.29, 1.82) is 5.26 Å². The van der Waals surface area contributed by atoms with E-state index in [1.807, 2.05) is 18.7 Å². The van der Waals surface area contributed by atoms with Crippen LogP contribution in [-0.4, -0.2) is 32.5 Å². The Morgan fingerprint density at radius 3 is 2.94 bits per heavy atom. The fraction of sp³-hybridized carbons (Fsp3) is 0.455. The van der Waals surface area contributed by atoms with Crippen LogP contribution >= 0.6 is 11.6 Å². The third-order valence-electron chi connectivity index (χ3n) is 2.60. The smallest absolute Gasteiger partial charge is 0.226 e. The second-order valence-corrected chi connectivity index (χ2v) is 4.45. The average Bonchev–Trinajstić information content (AvgIpc) is 2.76. The second kappa shape index (κ2) is 5.19. The van der Waals surface area contributed by atoms with Crippen molar-refractivity contribution >= 4 is 28.6 Å². The van der Waals surface area contributed by atoms with Crippen molar-refractivity contribution in [1.82, 2.24) is 19.9 Å². The Kier molecular flexibility index (Phi) is 3.63. The van der Waals surface area contributed by atoms with Crippen LogP contribution in [0, 0.1) is 11.3 Å². The predicted octanol–water partition coefficient (Wildman–Crippen LogP) is 2.13. The monoisotopic (exact) mass is 264 g/mol. The topological polar surface area (TPSA) is 81.5 Å². The normalized spacial score (nSPS) is 10.8. The van der Waals surface area contributed by atoms with Gasteiger partial charge in [0.05, 0.1) is 18.8 Å². The van der Waals surface area contributed by atoms with Crippen molar-refractivity contribution in [2.75, 3.05) is 11.4 Å². The number of H-pyrrole nitrogens is 1. The lowest BCUT2D eigenvalue weighted by atomic mass is 10.2. The maximum atomic E-state index is 8.72. The zero-order chi connectivity index (χ0) is 13.1. The molecule has 0 atom stereocenters. The molecule has 0 saturated carbocycles. The van der Waals surface area contributed by atoms with E-state index in [1.165, 1.54) is 0 Å². The molecule has 7 heteroatoms. The van der Waals surface area contributed by atoms with Gasteiger partial charge in [-0.05, 0) is 25.4 Å². The number of hydrogen-bond acceptors (Lipinski definition) is 5. The second-order valence-electron chi connectivity index (χ2n) is 4.11. The molecule has 0 amide bonds. The molecule has 0 radical (unpaired) electrons. The summed E-state index contributed by atoms with van der Waals surface area (Å²) in [6.07, 6.45) is 1.98. The number of anilines is 1. The van der Waals surface area contributed by atoms with Crippen LogP contribution in [0.25, 0.3) is 11.2 Å². The van der Waals surface area contributed by atoms with Crippen LogP contribution in [-0.2, 0) is 0 Å². The molecule has 0 unspecified atom stereocenters. The van der Waals surface area contributed by atoms with Crippen molar-refractivity contribution in [3.8, 4) is 6.07 Å². The van der Waals surface area contributed by atoms with Gasteiger partial charge in [-0.2, -0.15) is 15.2 Å². The van der Waals surface area contributed by atoms with E-state index in [0.29, 0.717) is 24.4 Å². The third-order valence-corrected chi connectivity index (χ3v) is 2.77. The van der Waals surface area contributed by atoms with Gasteiger partial charge in [0.1, 0.15) is 5.52 Å². The van der Waals surface area contributed by atoms with E-state index in [-0.39, 0.29) is 11.3 Å². The fourth-order valence-electron chi connectivity index (χ4n) is 1.78. The van der Waals surface area contributed by atoms with Crippen molar-refractivity contribution in [3.63, 3.8) is 0 Å². The zero-order valence-corrected chi connectivity index (χ0v) is 10.9. The maximum absolute atomic E-state index is 8.72. The molecule has 2 heterocycles. The highest BCUT2D eigenvalue weighted by atomic mass is 35.5. The van der Waals surface area contributed by atoms with E-state index < -0.39 is 0 Å². The van der Waals surface area contributed by atoms with E-state index in [0.717, 1.165) is 5.52 Å². The Balaban J connectivity index is 2.49. The minimum atomic E-state index is 0.159. The molecule has 0 aromatic carbocycles. The number of nitrogens with zero attached hydrogens (tertiary/aromatic N) is 5. The molecule has 0 bridgehead atoms. The number of nitrogens with one attached hydrogen (secondary N) is 1. The van der Waals surface area contributed by atoms with Gasteiger partial charge in [-0.15, -0.1) is 0 Å². The molecule has 0 aliphatic rings. The SMILES string of the molecule is CC(C)N(CCC#N)c1nc(Cl)nc2nc[nH]c12. The molecular weight excluding hydrogens is 252 g/mol. The quantitative estimate of drug-likeness (QED) is 0.856. The maximum Gasteiger partial charge on any atom is 0.226 e. The minimum absolute atomic E-state index is 0.159. The number of fused-ring (bicyclic) bond motifs is 1. The Hall–Kier alpha value is -1.87.